The Morgan fingerprint density at radius 2 is 1.68 bits per heavy atom. The Bertz CT molecular complexity index is 848. The van der Waals surface area contributed by atoms with Crippen molar-refractivity contribution >= 4 is 10.9 Å². The average Bonchev–Trinajstić information content (AvgIpc) is 2.47. The number of halogens is 3. The number of benzene rings is 2. The molecule has 1 aromatic heterocycles. The number of hydrogen-bond donors (Lipinski definition) is 1. The van der Waals surface area contributed by atoms with Crippen LogP contribution in [-0.2, 0) is 5.92 Å². The highest BCUT2D eigenvalue weighted by Gasteiger charge is 2.38. The SMILES string of the molecule is Cc1ccc2c(O)nc(C(F)(F)c3ccc(F)cc3)nc2c1. The molecule has 1 N–H and O–H groups in total. The predicted molar refractivity (Wildman–Crippen MR) is 75.3 cm³/mol. The van der Waals surface area contributed by atoms with Crippen LogP contribution in [0.3, 0.4) is 0 Å². The third kappa shape index (κ3) is 2.36. The molecule has 3 nitrogen and oxygen atoms in total. The zero-order valence-corrected chi connectivity index (χ0v) is 11.5. The molecule has 0 saturated heterocycles. The Hall–Kier alpha value is -2.63. The van der Waals surface area contributed by atoms with Crippen LogP contribution in [0, 0.1) is 12.7 Å². The molecule has 6 heteroatoms. The van der Waals surface area contributed by atoms with Gasteiger partial charge in [-0.05, 0) is 48.9 Å². The quantitative estimate of drug-likeness (QED) is 0.780. The van der Waals surface area contributed by atoms with E-state index < -0.39 is 29.0 Å². The molecule has 3 aromatic rings. The molecule has 112 valence electrons. The van der Waals surface area contributed by atoms with Crippen LogP contribution in [0.5, 0.6) is 5.88 Å². The molecule has 22 heavy (non-hydrogen) atoms. The van der Waals surface area contributed by atoms with Crippen LogP contribution in [0.2, 0.25) is 0 Å². The maximum atomic E-state index is 14.5. The maximum Gasteiger partial charge on any atom is 0.331 e. The van der Waals surface area contributed by atoms with Gasteiger partial charge in [-0.3, -0.25) is 0 Å². The summed E-state index contributed by atoms with van der Waals surface area (Å²) in [7, 11) is 0. The van der Waals surface area contributed by atoms with Crippen LogP contribution >= 0.6 is 0 Å². The molecule has 3 rings (SSSR count). The van der Waals surface area contributed by atoms with Gasteiger partial charge in [-0.2, -0.15) is 13.8 Å². The number of aryl methyl sites for hydroxylation is 1. The second-order valence-corrected chi connectivity index (χ2v) is 4.97. The van der Waals surface area contributed by atoms with E-state index in [2.05, 4.69) is 9.97 Å². The number of rotatable bonds is 2. The fourth-order valence-corrected chi connectivity index (χ4v) is 2.15. The third-order valence-electron chi connectivity index (χ3n) is 3.32. The second kappa shape index (κ2) is 4.98. The number of aromatic nitrogens is 2. The molecular formula is C16H11F3N2O. The summed E-state index contributed by atoms with van der Waals surface area (Å²) in [5.41, 5.74) is 0.603. The van der Waals surface area contributed by atoms with Crippen LogP contribution < -0.4 is 0 Å². The second-order valence-electron chi connectivity index (χ2n) is 4.97. The number of alkyl halides is 2. The Labute approximate surface area is 124 Å². The summed E-state index contributed by atoms with van der Waals surface area (Å²) in [5.74, 6) is -5.49. The summed E-state index contributed by atoms with van der Waals surface area (Å²) in [5, 5.41) is 10.1. The van der Waals surface area contributed by atoms with Crippen molar-refractivity contribution in [2.24, 2.45) is 0 Å². The lowest BCUT2D eigenvalue weighted by Gasteiger charge is -2.16. The van der Waals surface area contributed by atoms with Gasteiger partial charge in [0, 0.05) is 5.56 Å². The smallest absolute Gasteiger partial charge is 0.331 e. The zero-order valence-electron chi connectivity index (χ0n) is 11.5. The minimum Gasteiger partial charge on any atom is -0.493 e. The van der Waals surface area contributed by atoms with Crippen molar-refractivity contribution in [2.75, 3.05) is 0 Å². The highest BCUT2D eigenvalue weighted by molar-refractivity contribution is 5.83. The maximum absolute atomic E-state index is 14.5. The molecule has 2 aromatic carbocycles. The summed E-state index contributed by atoms with van der Waals surface area (Å²) < 4.78 is 41.8. The fraction of sp³-hybridized carbons (Fsp3) is 0.125. The lowest BCUT2D eigenvalue weighted by molar-refractivity contribution is 0.0325. The Balaban J connectivity index is 2.17. The van der Waals surface area contributed by atoms with Gasteiger partial charge in [0.15, 0.2) is 0 Å². The van der Waals surface area contributed by atoms with Crippen molar-refractivity contribution in [3.05, 3.63) is 65.2 Å². The molecule has 1 heterocycles. The number of aromatic hydroxyl groups is 1. The molecule has 0 aliphatic heterocycles. The molecule has 0 saturated carbocycles. The lowest BCUT2D eigenvalue weighted by atomic mass is 10.1. The first-order valence-corrected chi connectivity index (χ1v) is 6.49. The molecular weight excluding hydrogens is 293 g/mol. The van der Waals surface area contributed by atoms with Gasteiger partial charge in [-0.25, -0.2) is 9.37 Å². The highest BCUT2D eigenvalue weighted by Crippen LogP contribution is 2.35. The molecule has 0 aliphatic rings. The number of fused-ring (bicyclic) bond motifs is 1. The summed E-state index contributed by atoms with van der Waals surface area (Å²) >= 11 is 0. The van der Waals surface area contributed by atoms with E-state index in [-0.39, 0.29) is 5.52 Å². The van der Waals surface area contributed by atoms with Crippen molar-refractivity contribution in [3.8, 4) is 5.88 Å². The third-order valence-corrected chi connectivity index (χ3v) is 3.32. The Morgan fingerprint density at radius 3 is 2.36 bits per heavy atom. The van der Waals surface area contributed by atoms with Crippen LogP contribution in [0.15, 0.2) is 42.5 Å². The van der Waals surface area contributed by atoms with Gasteiger partial charge in [0.25, 0.3) is 0 Å². The molecule has 0 amide bonds. The number of nitrogens with zero attached hydrogens (tertiary/aromatic N) is 2. The first-order valence-electron chi connectivity index (χ1n) is 6.49. The zero-order chi connectivity index (χ0) is 15.9. The minimum absolute atomic E-state index is 0.226. The molecule has 0 unspecified atom stereocenters. The average molecular weight is 304 g/mol. The summed E-state index contributed by atoms with van der Waals surface area (Å²) in [4.78, 5) is 7.35. The highest BCUT2D eigenvalue weighted by atomic mass is 19.3. The van der Waals surface area contributed by atoms with Crippen LogP contribution in [0.4, 0.5) is 13.2 Å². The van der Waals surface area contributed by atoms with E-state index >= 15 is 0 Å². The van der Waals surface area contributed by atoms with Crippen molar-refractivity contribution in [1.82, 2.24) is 9.97 Å². The van der Waals surface area contributed by atoms with Crippen molar-refractivity contribution in [2.45, 2.75) is 12.8 Å². The van der Waals surface area contributed by atoms with E-state index in [0.29, 0.717) is 5.39 Å². The minimum atomic E-state index is -3.54. The molecule has 0 aliphatic carbocycles. The first kappa shape index (κ1) is 14.3. The van der Waals surface area contributed by atoms with Crippen LogP contribution in [0.25, 0.3) is 10.9 Å². The van der Waals surface area contributed by atoms with E-state index in [4.69, 9.17) is 0 Å². The van der Waals surface area contributed by atoms with Gasteiger partial charge in [0.05, 0.1) is 10.9 Å². The van der Waals surface area contributed by atoms with Crippen LogP contribution in [0.1, 0.15) is 17.0 Å². The molecule has 0 fully saturated rings. The van der Waals surface area contributed by atoms with Gasteiger partial charge < -0.3 is 5.11 Å². The molecule has 0 radical (unpaired) electrons. The molecule has 0 spiro atoms. The largest absolute Gasteiger partial charge is 0.493 e. The van der Waals surface area contributed by atoms with Crippen molar-refractivity contribution in [1.29, 1.82) is 0 Å². The van der Waals surface area contributed by atoms with E-state index in [1.165, 1.54) is 0 Å². The van der Waals surface area contributed by atoms with E-state index in [0.717, 1.165) is 29.8 Å². The van der Waals surface area contributed by atoms with Crippen molar-refractivity contribution in [3.63, 3.8) is 0 Å². The first-order chi connectivity index (χ1) is 10.4. The summed E-state index contributed by atoms with van der Waals surface area (Å²) in [6.45, 7) is 1.79. The van der Waals surface area contributed by atoms with Gasteiger partial charge in [0.1, 0.15) is 5.82 Å². The summed E-state index contributed by atoms with van der Waals surface area (Å²) in [6, 6.07) is 8.69. The standard InChI is InChI=1S/C16H11F3N2O/c1-9-2-7-12-13(8-9)20-15(21-14(12)22)16(18,19)10-3-5-11(17)6-4-10/h2-8H,1H3,(H,20,21,22). The fourth-order valence-electron chi connectivity index (χ4n) is 2.15. The molecule has 0 atom stereocenters. The molecule has 0 bridgehead atoms. The Kier molecular flexibility index (Phi) is 3.24. The van der Waals surface area contributed by atoms with Crippen molar-refractivity contribution < 1.29 is 18.3 Å². The normalized spacial score (nSPS) is 11.8. The van der Waals surface area contributed by atoms with Gasteiger partial charge in [-0.1, -0.05) is 6.07 Å². The van der Waals surface area contributed by atoms with Gasteiger partial charge >= 0.3 is 5.92 Å². The van der Waals surface area contributed by atoms with Gasteiger partial charge in [0.2, 0.25) is 11.7 Å². The predicted octanol–water partition coefficient (Wildman–Crippen LogP) is 3.92. The van der Waals surface area contributed by atoms with E-state index in [1.807, 2.05) is 0 Å². The van der Waals surface area contributed by atoms with E-state index in [1.54, 1.807) is 25.1 Å². The van der Waals surface area contributed by atoms with E-state index in [9.17, 15) is 18.3 Å². The lowest BCUT2D eigenvalue weighted by Crippen LogP contribution is -2.19. The van der Waals surface area contributed by atoms with Gasteiger partial charge in [-0.15, -0.1) is 0 Å². The monoisotopic (exact) mass is 304 g/mol. The number of hydrogen-bond acceptors (Lipinski definition) is 3. The Morgan fingerprint density at radius 1 is 1.00 bits per heavy atom. The summed E-state index contributed by atoms with van der Waals surface area (Å²) in [6.07, 6.45) is 0. The van der Waals surface area contributed by atoms with Crippen LogP contribution in [-0.4, -0.2) is 15.1 Å². The topological polar surface area (TPSA) is 46.0 Å².